The maximum absolute atomic E-state index is 2.79. The highest BCUT2D eigenvalue weighted by atomic mass is 32.2. The number of hydrogen-bond acceptors (Lipinski definition) is 3. The second kappa shape index (κ2) is 14.2. The molecule has 14 rings (SSSR count). The van der Waals surface area contributed by atoms with Crippen LogP contribution < -0.4 is 20.6 Å². The molecule has 9 aromatic carbocycles. The van der Waals surface area contributed by atoms with Crippen molar-refractivity contribution in [2.75, 3.05) is 9.71 Å². The van der Waals surface area contributed by atoms with Gasteiger partial charge in [0.05, 0.1) is 5.41 Å². The molecule has 0 radical (unpaired) electrons. The largest absolute Gasteiger partial charge is 0.376 e. The van der Waals surface area contributed by atoms with Gasteiger partial charge in [0.15, 0.2) is 0 Å². The highest BCUT2D eigenvalue weighted by Crippen LogP contribution is 2.62. The van der Waals surface area contributed by atoms with Crippen LogP contribution in [0.25, 0.3) is 21.9 Å². The molecule has 0 atom stereocenters. The first kappa shape index (κ1) is 41.2. The number of anilines is 5. The van der Waals surface area contributed by atoms with E-state index in [0.29, 0.717) is 0 Å². The first-order chi connectivity index (χ1) is 33.4. The molecule has 2 nitrogen and oxygen atoms in total. The minimum absolute atomic E-state index is 0.0492. The van der Waals surface area contributed by atoms with Crippen LogP contribution >= 0.6 is 11.8 Å². The predicted molar refractivity (Wildman–Crippen MR) is 292 cm³/mol. The summed E-state index contributed by atoms with van der Waals surface area (Å²) >= 11 is 1.94. The number of nitrogens with zero attached hydrogens (tertiary/aromatic N) is 2. The molecule has 0 fully saturated rings. The van der Waals surface area contributed by atoms with Gasteiger partial charge in [0.2, 0.25) is 0 Å². The standard InChI is InChI=1S/C65H55BN2S/c1-40-35-49-50(63(4,5)34-33-62(49,2)3)38-54(40)67-55-39-58-51(64(6,7)47-29-17-19-32-57(47)69-58)37-52(55)66-60-56(67)36-41-21-14-15-26-44(41)59(60)45-27-20-30-48-61(45)68(66)53-31-18-16-28-46(53)65(48,42-22-10-8-11-23-42)43-24-12-9-13-25-43/h8-32,35-39H,33-34H2,1-7H3. The molecule has 0 spiro atoms. The summed E-state index contributed by atoms with van der Waals surface area (Å²) in [5.74, 6) is 0. The van der Waals surface area contributed by atoms with Gasteiger partial charge in [0, 0.05) is 49.2 Å². The van der Waals surface area contributed by atoms with Crippen LogP contribution in [0.3, 0.4) is 0 Å². The van der Waals surface area contributed by atoms with Crippen molar-refractivity contribution >= 4 is 68.7 Å². The molecule has 4 aliphatic heterocycles. The zero-order chi connectivity index (χ0) is 46.8. The first-order valence-corrected chi connectivity index (χ1v) is 25.8. The lowest BCUT2D eigenvalue weighted by Gasteiger charge is -2.53. The van der Waals surface area contributed by atoms with E-state index in [1.165, 1.54) is 134 Å². The Balaban J connectivity index is 1.16. The Morgan fingerprint density at radius 3 is 1.84 bits per heavy atom. The Morgan fingerprint density at radius 1 is 0.478 bits per heavy atom. The zero-order valence-electron chi connectivity index (χ0n) is 40.6. The SMILES string of the molecule is Cc1cc2c(cc1N1c3cc4c(cc3B3c5c1cc1ccccc1c5-c1cccc5c1N3c1ccccc1C5(c1ccccc1)c1ccccc1)C(C)(C)c1ccccc1S4)C(C)(C)CCC2(C)C. The van der Waals surface area contributed by atoms with E-state index in [1.807, 2.05) is 11.8 Å². The van der Waals surface area contributed by atoms with Gasteiger partial charge >= 0.3 is 6.85 Å². The van der Waals surface area contributed by atoms with E-state index in [2.05, 4.69) is 240 Å². The third-order valence-electron chi connectivity index (χ3n) is 17.3. The van der Waals surface area contributed by atoms with Gasteiger partial charge in [0.25, 0.3) is 0 Å². The van der Waals surface area contributed by atoms with Gasteiger partial charge in [-0.05, 0) is 138 Å². The lowest BCUT2D eigenvalue weighted by molar-refractivity contribution is 0.332. The van der Waals surface area contributed by atoms with Gasteiger partial charge in [-0.1, -0.05) is 205 Å². The van der Waals surface area contributed by atoms with Gasteiger partial charge in [-0.2, -0.15) is 0 Å². The molecule has 4 heteroatoms. The average molecular weight is 907 g/mol. The normalized spacial score (nSPS) is 17.7. The van der Waals surface area contributed by atoms with Crippen LogP contribution in [0.15, 0.2) is 192 Å². The van der Waals surface area contributed by atoms with E-state index in [1.54, 1.807) is 0 Å². The highest BCUT2D eigenvalue weighted by Gasteiger charge is 2.54. The Labute approximate surface area is 412 Å². The van der Waals surface area contributed by atoms with Gasteiger partial charge in [0.1, 0.15) is 0 Å². The van der Waals surface area contributed by atoms with Gasteiger partial charge in [-0.15, -0.1) is 0 Å². The van der Waals surface area contributed by atoms with E-state index < -0.39 is 5.41 Å². The average Bonchev–Trinajstić information content (AvgIpc) is 3.36. The number of para-hydroxylation sites is 2. The lowest BCUT2D eigenvalue weighted by atomic mass is 9.41. The second-order valence-electron chi connectivity index (χ2n) is 22.3. The molecule has 1 aliphatic carbocycles. The molecule has 0 N–H and O–H groups in total. The summed E-state index contributed by atoms with van der Waals surface area (Å²) in [5, 5.41) is 2.56. The van der Waals surface area contributed by atoms with E-state index in [4.69, 9.17) is 0 Å². The number of benzene rings is 9. The lowest BCUT2D eigenvalue weighted by Crippen LogP contribution is -2.63. The van der Waals surface area contributed by atoms with Crippen LogP contribution in [0, 0.1) is 6.92 Å². The molecule has 0 unspecified atom stereocenters. The molecule has 5 aliphatic rings. The number of hydrogen-bond donors (Lipinski definition) is 0. The third-order valence-corrected chi connectivity index (χ3v) is 18.4. The molecular formula is C65H55BN2S. The summed E-state index contributed by atoms with van der Waals surface area (Å²) in [7, 11) is 0. The molecule has 0 bridgehead atoms. The minimum Gasteiger partial charge on any atom is -0.376 e. The van der Waals surface area contributed by atoms with Crippen molar-refractivity contribution in [3.05, 3.63) is 232 Å². The van der Waals surface area contributed by atoms with Crippen molar-refractivity contribution in [1.82, 2.24) is 0 Å². The summed E-state index contributed by atoms with van der Waals surface area (Å²) in [6, 6.07) is 70.4. The quantitative estimate of drug-likeness (QED) is 0.163. The Kier molecular flexibility index (Phi) is 8.47. The van der Waals surface area contributed by atoms with Crippen LogP contribution in [0.2, 0.25) is 0 Å². The predicted octanol–water partition coefficient (Wildman–Crippen LogP) is 15.7. The maximum atomic E-state index is 2.79. The number of fused-ring (bicyclic) bond motifs is 11. The summed E-state index contributed by atoms with van der Waals surface area (Å²) in [4.78, 5) is 8.18. The minimum atomic E-state index is -0.575. The topological polar surface area (TPSA) is 6.48 Å². The van der Waals surface area contributed by atoms with Crippen molar-refractivity contribution in [1.29, 1.82) is 0 Å². The summed E-state index contributed by atoms with van der Waals surface area (Å²) in [5.41, 5.74) is 23.4. The van der Waals surface area contributed by atoms with Crippen molar-refractivity contribution in [2.45, 2.75) is 92.8 Å². The summed E-state index contributed by atoms with van der Waals surface area (Å²) in [6.45, 7) is 17.0. The Hall–Kier alpha value is -6.75. The number of aryl methyl sites for hydroxylation is 1. The Morgan fingerprint density at radius 2 is 1.10 bits per heavy atom. The van der Waals surface area contributed by atoms with Crippen LogP contribution in [-0.4, -0.2) is 6.85 Å². The molecule has 0 saturated carbocycles. The molecule has 0 saturated heterocycles. The molecular weight excluding hydrogens is 852 g/mol. The van der Waals surface area contributed by atoms with E-state index in [9.17, 15) is 0 Å². The Bertz CT molecular complexity index is 3620. The fraction of sp³-hybridized carbons (Fsp3) is 0.200. The number of rotatable bonds is 3. The van der Waals surface area contributed by atoms with Crippen LogP contribution in [-0.2, 0) is 21.7 Å². The van der Waals surface area contributed by atoms with Crippen LogP contribution in [0.4, 0.5) is 28.4 Å². The van der Waals surface area contributed by atoms with Crippen molar-refractivity contribution in [3.63, 3.8) is 0 Å². The van der Waals surface area contributed by atoms with E-state index >= 15 is 0 Å². The molecule has 69 heavy (non-hydrogen) atoms. The van der Waals surface area contributed by atoms with Crippen LogP contribution in [0.1, 0.15) is 104 Å². The van der Waals surface area contributed by atoms with Crippen molar-refractivity contribution in [2.24, 2.45) is 0 Å². The van der Waals surface area contributed by atoms with Crippen molar-refractivity contribution in [3.8, 4) is 11.1 Å². The smallest absolute Gasteiger partial charge is 0.333 e. The second-order valence-corrected chi connectivity index (χ2v) is 23.4. The van der Waals surface area contributed by atoms with Crippen LogP contribution in [0.5, 0.6) is 0 Å². The van der Waals surface area contributed by atoms with Gasteiger partial charge < -0.3 is 9.71 Å². The van der Waals surface area contributed by atoms with E-state index in [-0.39, 0.29) is 23.1 Å². The summed E-state index contributed by atoms with van der Waals surface area (Å²) in [6.07, 6.45) is 2.35. The maximum Gasteiger partial charge on any atom is 0.333 e. The molecule has 0 aromatic heterocycles. The van der Waals surface area contributed by atoms with Gasteiger partial charge in [-0.3, -0.25) is 0 Å². The third kappa shape index (κ3) is 5.42. The highest BCUT2D eigenvalue weighted by molar-refractivity contribution is 7.99. The molecule has 9 aromatic rings. The monoisotopic (exact) mass is 906 g/mol. The molecule has 4 heterocycles. The van der Waals surface area contributed by atoms with Gasteiger partial charge in [-0.25, -0.2) is 0 Å². The first-order valence-electron chi connectivity index (χ1n) is 25.0. The fourth-order valence-electron chi connectivity index (χ4n) is 13.8. The molecule has 0 amide bonds. The van der Waals surface area contributed by atoms with Crippen molar-refractivity contribution < 1.29 is 0 Å². The fourth-order valence-corrected chi connectivity index (χ4v) is 15.2. The van der Waals surface area contributed by atoms with E-state index in [0.717, 1.165) is 0 Å². The molecule has 334 valence electrons. The zero-order valence-corrected chi connectivity index (χ0v) is 41.4. The summed E-state index contributed by atoms with van der Waals surface area (Å²) < 4.78 is 0.